The molecule has 1 atom stereocenters. The molecule has 1 aromatic heterocycles. The first-order chi connectivity index (χ1) is 9.65. The fraction of sp³-hybridized carbons (Fsp3) is 0.667. The highest BCUT2D eigenvalue weighted by atomic mass is 16.5. The van der Waals surface area contributed by atoms with Gasteiger partial charge in [0.05, 0.1) is 12.5 Å². The number of amides is 1. The van der Waals surface area contributed by atoms with E-state index < -0.39 is 0 Å². The molecule has 108 valence electrons. The number of rotatable bonds is 1. The molecule has 1 aromatic rings. The van der Waals surface area contributed by atoms with Crippen LogP contribution in [0.3, 0.4) is 0 Å². The molecular weight excluding hydrogens is 254 g/mol. The van der Waals surface area contributed by atoms with Gasteiger partial charge in [-0.15, -0.1) is 0 Å². The van der Waals surface area contributed by atoms with Crippen LogP contribution in [0.15, 0.2) is 0 Å². The first-order valence-corrected chi connectivity index (χ1v) is 7.34. The van der Waals surface area contributed by atoms with Crippen LogP contribution in [0.25, 0.3) is 0 Å². The fourth-order valence-electron chi connectivity index (χ4n) is 3.15. The van der Waals surface area contributed by atoms with Crippen LogP contribution in [0.2, 0.25) is 0 Å². The number of fused-ring (bicyclic) bond motifs is 1. The maximum Gasteiger partial charge on any atom is 0.228 e. The Kier molecular flexibility index (Phi) is 3.70. The van der Waals surface area contributed by atoms with Gasteiger partial charge in [-0.25, -0.2) is 9.97 Å². The van der Waals surface area contributed by atoms with E-state index in [1.165, 1.54) is 5.56 Å². The molecule has 5 heteroatoms. The minimum atomic E-state index is 0.0603. The van der Waals surface area contributed by atoms with Crippen molar-refractivity contribution in [2.24, 2.45) is 5.92 Å². The summed E-state index contributed by atoms with van der Waals surface area (Å²) < 4.78 is 5.33. The van der Waals surface area contributed by atoms with Crippen molar-refractivity contribution in [3.8, 4) is 0 Å². The Bertz CT molecular complexity index is 524. The third kappa shape index (κ3) is 2.54. The monoisotopic (exact) mass is 275 g/mol. The second-order valence-electron chi connectivity index (χ2n) is 5.67. The molecule has 20 heavy (non-hydrogen) atoms. The van der Waals surface area contributed by atoms with Crippen LogP contribution < -0.4 is 0 Å². The van der Waals surface area contributed by atoms with Crippen molar-refractivity contribution in [1.29, 1.82) is 0 Å². The third-order valence-corrected chi connectivity index (χ3v) is 4.25. The van der Waals surface area contributed by atoms with Gasteiger partial charge in [0, 0.05) is 37.5 Å². The molecule has 1 amide bonds. The summed E-state index contributed by atoms with van der Waals surface area (Å²) in [5, 5.41) is 0. The standard InChI is InChI=1S/C15H21N3O2/c1-10-13-3-6-18(15(19)12-5-8-20-9-12)7-4-14(13)17-11(2)16-10/h12H,3-9H2,1-2H3. The van der Waals surface area contributed by atoms with Gasteiger partial charge in [0.15, 0.2) is 0 Å². The molecule has 2 aliphatic rings. The Balaban J connectivity index is 1.75. The van der Waals surface area contributed by atoms with Crippen molar-refractivity contribution in [2.45, 2.75) is 33.1 Å². The Hall–Kier alpha value is -1.49. The topological polar surface area (TPSA) is 55.3 Å². The zero-order valence-corrected chi connectivity index (χ0v) is 12.2. The molecule has 1 saturated heterocycles. The van der Waals surface area contributed by atoms with Gasteiger partial charge in [-0.2, -0.15) is 0 Å². The van der Waals surface area contributed by atoms with Crippen LogP contribution in [-0.4, -0.2) is 47.1 Å². The van der Waals surface area contributed by atoms with Crippen LogP contribution in [0.1, 0.15) is 29.2 Å². The van der Waals surface area contributed by atoms with E-state index in [1.54, 1.807) is 0 Å². The highest BCUT2D eigenvalue weighted by Gasteiger charge is 2.29. The second-order valence-corrected chi connectivity index (χ2v) is 5.67. The molecule has 0 bridgehead atoms. The molecule has 5 nitrogen and oxygen atoms in total. The van der Waals surface area contributed by atoms with E-state index >= 15 is 0 Å². The number of aromatic nitrogens is 2. The summed E-state index contributed by atoms with van der Waals surface area (Å²) in [6.45, 7) is 6.80. The summed E-state index contributed by atoms with van der Waals surface area (Å²) in [5.41, 5.74) is 3.41. The van der Waals surface area contributed by atoms with Gasteiger partial charge in [0.2, 0.25) is 5.91 Å². The lowest BCUT2D eigenvalue weighted by Gasteiger charge is -2.23. The lowest BCUT2D eigenvalue weighted by molar-refractivity contribution is -0.135. The predicted molar refractivity (Wildman–Crippen MR) is 74.4 cm³/mol. The summed E-state index contributed by atoms with van der Waals surface area (Å²) in [6.07, 6.45) is 2.56. The smallest absolute Gasteiger partial charge is 0.228 e. The summed E-state index contributed by atoms with van der Waals surface area (Å²) in [5.74, 6) is 1.13. The molecule has 0 radical (unpaired) electrons. The number of carbonyl (C=O) groups excluding carboxylic acids is 1. The van der Waals surface area contributed by atoms with Crippen LogP contribution in [0.4, 0.5) is 0 Å². The Morgan fingerprint density at radius 1 is 1.25 bits per heavy atom. The van der Waals surface area contributed by atoms with E-state index in [4.69, 9.17) is 4.74 Å². The first kappa shape index (κ1) is 13.5. The largest absolute Gasteiger partial charge is 0.381 e. The number of hydrogen-bond donors (Lipinski definition) is 0. The molecule has 3 rings (SSSR count). The summed E-state index contributed by atoms with van der Waals surface area (Å²) >= 11 is 0. The minimum Gasteiger partial charge on any atom is -0.381 e. The van der Waals surface area contributed by atoms with E-state index in [1.807, 2.05) is 18.7 Å². The van der Waals surface area contributed by atoms with Crippen LogP contribution in [-0.2, 0) is 22.4 Å². The van der Waals surface area contributed by atoms with Crippen LogP contribution >= 0.6 is 0 Å². The minimum absolute atomic E-state index is 0.0603. The number of aryl methyl sites for hydroxylation is 2. The molecule has 0 spiro atoms. The van der Waals surface area contributed by atoms with Gasteiger partial charge in [0.25, 0.3) is 0 Å². The van der Waals surface area contributed by atoms with Gasteiger partial charge >= 0.3 is 0 Å². The molecule has 3 heterocycles. The fourth-order valence-corrected chi connectivity index (χ4v) is 3.15. The maximum absolute atomic E-state index is 12.5. The van der Waals surface area contributed by atoms with Crippen molar-refractivity contribution in [3.05, 3.63) is 22.8 Å². The average molecular weight is 275 g/mol. The normalized spacial score (nSPS) is 22.5. The van der Waals surface area contributed by atoms with E-state index in [-0.39, 0.29) is 11.8 Å². The number of ether oxygens (including phenoxy) is 1. The van der Waals surface area contributed by atoms with Crippen molar-refractivity contribution < 1.29 is 9.53 Å². The Labute approximate surface area is 119 Å². The molecule has 2 aliphatic heterocycles. The maximum atomic E-state index is 12.5. The second kappa shape index (κ2) is 5.48. The number of carbonyl (C=O) groups is 1. The average Bonchev–Trinajstić information content (AvgIpc) is 2.85. The van der Waals surface area contributed by atoms with Crippen molar-refractivity contribution in [3.63, 3.8) is 0 Å². The Morgan fingerprint density at radius 3 is 2.80 bits per heavy atom. The predicted octanol–water partition coefficient (Wildman–Crippen LogP) is 1.06. The molecule has 0 aromatic carbocycles. The summed E-state index contributed by atoms with van der Waals surface area (Å²) in [4.78, 5) is 23.4. The molecule has 0 saturated carbocycles. The molecule has 1 fully saturated rings. The highest BCUT2D eigenvalue weighted by Crippen LogP contribution is 2.20. The molecule has 0 aliphatic carbocycles. The first-order valence-electron chi connectivity index (χ1n) is 7.34. The van der Waals surface area contributed by atoms with E-state index in [0.717, 1.165) is 49.6 Å². The van der Waals surface area contributed by atoms with Crippen molar-refractivity contribution in [2.75, 3.05) is 26.3 Å². The zero-order valence-electron chi connectivity index (χ0n) is 12.2. The third-order valence-electron chi connectivity index (χ3n) is 4.25. The van der Waals surface area contributed by atoms with E-state index in [0.29, 0.717) is 13.2 Å². The Morgan fingerprint density at radius 2 is 2.05 bits per heavy atom. The van der Waals surface area contributed by atoms with Gasteiger partial charge in [-0.05, 0) is 32.3 Å². The zero-order chi connectivity index (χ0) is 14.1. The van der Waals surface area contributed by atoms with E-state index in [9.17, 15) is 4.79 Å². The lowest BCUT2D eigenvalue weighted by Crippen LogP contribution is -2.38. The van der Waals surface area contributed by atoms with E-state index in [2.05, 4.69) is 9.97 Å². The van der Waals surface area contributed by atoms with Gasteiger partial charge in [-0.1, -0.05) is 0 Å². The molecule has 1 unspecified atom stereocenters. The summed E-state index contributed by atoms with van der Waals surface area (Å²) in [6, 6.07) is 0. The summed E-state index contributed by atoms with van der Waals surface area (Å²) in [7, 11) is 0. The number of hydrogen-bond acceptors (Lipinski definition) is 4. The van der Waals surface area contributed by atoms with Crippen LogP contribution in [0, 0.1) is 19.8 Å². The van der Waals surface area contributed by atoms with Gasteiger partial charge in [-0.3, -0.25) is 4.79 Å². The molecular formula is C15H21N3O2. The lowest BCUT2D eigenvalue weighted by atomic mass is 10.1. The SMILES string of the molecule is Cc1nc(C)c2c(n1)CCN(C(=O)C1CCOC1)CC2. The number of nitrogens with zero attached hydrogens (tertiary/aromatic N) is 3. The van der Waals surface area contributed by atoms with Crippen molar-refractivity contribution in [1.82, 2.24) is 14.9 Å². The van der Waals surface area contributed by atoms with Gasteiger partial charge in [0.1, 0.15) is 5.82 Å². The van der Waals surface area contributed by atoms with Crippen molar-refractivity contribution >= 4 is 5.91 Å². The molecule has 0 N–H and O–H groups in total. The van der Waals surface area contributed by atoms with Gasteiger partial charge < -0.3 is 9.64 Å². The quantitative estimate of drug-likeness (QED) is 0.769. The highest BCUT2D eigenvalue weighted by molar-refractivity contribution is 5.79. The van der Waals surface area contributed by atoms with Crippen LogP contribution in [0.5, 0.6) is 0 Å².